The Labute approximate surface area is 139 Å². The summed E-state index contributed by atoms with van der Waals surface area (Å²) in [7, 11) is -3.37. The van der Waals surface area contributed by atoms with E-state index >= 15 is 0 Å². The first-order valence-corrected chi connectivity index (χ1v) is 8.82. The molecule has 0 aliphatic rings. The maximum absolute atomic E-state index is 13.5. The van der Waals surface area contributed by atoms with Gasteiger partial charge in [-0.2, -0.15) is 0 Å². The Morgan fingerprint density at radius 1 is 1.08 bits per heavy atom. The number of amides is 1. The molecule has 0 radical (unpaired) electrons. The van der Waals surface area contributed by atoms with Crippen LogP contribution >= 0.6 is 0 Å². The number of sulfone groups is 1. The third-order valence-corrected chi connectivity index (χ3v) is 5.61. The van der Waals surface area contributed by atoms with Crippen molar-refractivity contribution in [2.24, 2.45) is 0 Å². The summed E-state index contributed by atoms with van der Waals surface area (Å²) in [6.45, 7) is 3.18. The van der Waals surface area contributed by atoms with E-state index in [-0.39, 0.29) is 17.0 Å². The summed E-state index contributed by atoms with van der Waals surface area (Å²) < 4.78 is 50.3. The largest absolute Gasteiger partial charge is 0.323 e. The molecule has 1 amide bonds. The fraction of sp³-hybridized carbons (Fsp3) is 0.235. The molecule has 0 bridgehead atoms. The molecule has 0 fully saturated rings. The molecule has 7 heteroatoms. The number of anilines is 1. The fourth-order valence-electron chi connectivity index (χ4n) is 2.04. The van der Waals surface area contributed by atoms with Crippen molar-refractivity contribution in [2.75, 3.05) is 5.32 Å². The number of hydrogen-bond donors (Lipinski definition) is 1. The van der Waals surface area contributed by atoms with E-state index in [0.717, 1.165) is 12.1 Å². The molecule has 0 aliphatic carbocycles. The van der Waals surface area contributed by atoms with Gasteiger partial charge in [-0.05, 0) is 43.7 Å². The molecule has 2 rings (SSSR count). The Balaban J connectivity index is 2.07. The van der Waals surface area contributed by atoms with Crippen molar-refractivity contribution < 1.29 is 22.0 Å². The van der Waals surface area contributed by atoms with Gasteiger partial charge in [0.25, 0.3) is 0 Å². The van der Waals surface area contributed by atoms with Crippen LogP contribution < -0.4 is 5.32 Å². The molecule has 128 valence electrons. The molecule has 4 nitrogen and oxygen atoms in total. The normalized spacial score (nSPS) is 11.5. The molecule has 0 heterocycles. The smallest absolute Gasteiger partial charge is 0.228 e. The van der Waals surface area contributed by atoms with Crippen LogP contribution in [0.5, 0.6) is 0 Å². The van der Waals surface area contributed by atoms with Gasteiger partial charge in [-0.3, -0.25) is 4.79 Å². The van der Waals surface area contributed by atoms with Crippen molar-refractivity contribution in [1.29, 1.82) is 0 Å². The monoisotopic (exact) mass is 353 g/mol. The summed E-state index contributed by atoms with van der Waals surface area (Å²) in [5.74, 6) is -2.07. The molecular weight excluding hydrogens is 336 g/mol. The van der Waals surface area contributed by atoms with Crippen LogP contribution in [0.25, 0.3) is 0 Å². The summed E-state index contributed by atoms with van der Waals surface area (Å²) in [5.41, 5.74) is 0.470. The van der Waals surface area contributed by atoms with E-state index in [1.165, 1.54) is 24.3 Å². The highest BCUT2D eigenvalue weighted by atomic mass is 32.2. The van der Waals surface area contributed by atoms with Gasteiger partial charge >= 0.3 is 0 Å². The van der Waals surface area contributed by atoms with Gasteiger partial charge in [0.1, 0.15) is 11.6 Å². The van der Waals surface area contributed by atoms with Crippen molar-refractivity contribution in [2.45, 2.75) is 30.4 Å². The SMILES string of the molecule is CC(C)S(=O)(=O)c1ccc(CC(=O)Nc2ccc(F)cc2F)cc1. The number of carbonyl (C=O) groups is 1. The zero-order valence-electron chi connectivity index (χ0n) is 13.2. The van der Waals surface area contributed by atoms with Crippen LogP contribution in [-0.4, -0.2) is 19.6 Å². The lowest BCUT2D eigenvalue weighted by atomic mass is 10.1. The fourth-order valence-corrected chi connectivity index (χ4v) is 3.10. The summed E-state index contributed by atoms with van der Waals surface area (Å²) in [5, 5.41) is 1.82. The molecule has 0 saturated heterocycles. The van der Waals surface area contributed by atoms with E-state index in [1.807, 2.05) is 0 Å². The quantitative estimate of drug-likeness (QED) is 0.897. The number of carbonyl (C=O) groups excluding carboxylic acids is 1. The lowest BCUT2D eigenvalue weighted by Gasteiger charge is -2.09. The minimum atomic E-state index is -3.37. The summed E-state index contributed by atoms with van der Waals surface area (Å²) in [6, 6.07) is 8.82. The first kappa shape index (κ1) is 18.1. The van der Waals surface area contributed by atoms with Gasteiger partial charge < -0.3 is 5.32 Å². The van der Waals surface area contributed by atoms with Crippen LogP contribution in [-0.2, 0) is 21.1 Å². The maximum Gasteiger partial charge on any atom is 0.228 e. The molecule has 2 aromatic carbocycles. The second-order valence-electron chi connectivity index (χ2n) is 5.59. The van der Waals surface area contributed by atoms with Crippen molar-refractivity contribution in [1.82, 2.24) is 0 Å². The van der Waals surface area contributed by atoms with Crippen LogP contribution in [0.3, 0.4) is 0 Å². The minimum absolute atomic E-state index is 0.0567. The zero-order chi connectivity index (χ0) is 17.9. The molecule has 0 spiro atoms. The highest BCUT2D eigenvalue weighted by Crippen LogP contribution is 2.18. The zero-order valence-corrected chi connectivity index (χ0v) is 14.0. The Kier molecular flexibility index (Phi) is 5.33. The maximum atomic E-state index is 13.5. The van der Waals surface area contributed by atoms with E-state index < -0.39 is 32.6 Å². The highest BCUT2D eigenvalue weighted by molar-refractivity contribution is 7.92. The average molecular weight is 353 g/mol. The number of benzene rings is 2. The standard InChI is InChI=1S/C17H17F2NO3S/c1-11(2)24(22,23)14-6-3-12(4-7-14)9-17(21)20-16-8-5-13(18)10-15(16)19/h3-8,10-11H,9H2,1-2H3,(H,20,21). The van der Waals surface area contributed by atoms with E-state index in [4.69, 9.17) is 0 Å². The number of halogens is 2. The molecule has 24 heavy (non-hydrogen) atoms. The molecule has 0 atom stereocenters. The average Bonchev–Trinajstić information content (AvgIpc) is 2.50. The van der Waals surface area contributed by atoms with E-state index in [9.17, 15) is 22.0 Å². The van der Waals surface area contributed by atoms with E-state index in [2.05, 4.69) is 5.32 Å². The summed E-state index contributed by atoms with van der Waals surface area (Å²) in [4.78, 5) is 12.1. The van der Waals surface area contributed by atoms with Crippen molar-refractivity contribution in [3.63, 3.8) is 0 Å². The molecular formula is C17H17F2NO3S. The van der Waals surface area contributed by atoms with Gasteiger partial charge in [-0.15, -0.1) is 0 Å². The first-order chi connectivity index (χ1) is 11.2. The third kappa shape index (κ3) is 4.17. The topological polar surface area (TPSA) is 63.2 Å². The van der Waals surface area contributed by atoms with E-state index in [0.29, 0.717) is 11.6 Å². The van der Waals surface area contributed by atoms with Crippen LogP contribution in [0.15, 0.2) is 47.4 Å². The van der Waals surface area contributed by atoms with Crippen LogP contribution in [0.1, 0.15) is 19.4 Å². The Bertz CT molecular complexity index is 847. The van der Waals surface area contributed by atoms with Crippen LogP contribution in [0.2, 0.25) is 0 Å². The number of rotatable bonds is 5. The number of nitrogens with one attached hydrogen (secondary N) is 1. The molecule has 0 aliphatic heterocycles. The highest BCUT2D eigenvalue weighted by Gasteiger charge is 2.19. The van der Waals surface area contributed by atoms with Gasteiger partial charge in [-0.25, -0.2) is 17.2 Å². The third-order valence-electron chi connectivity index (χ3n) is 3.44. The second kappa shape index (κ2) is 7.09. The van der Waals surface area contributed by atoms with Gasteiger partial charge in [0.15, 0.2) is 9.84 Å². The molecule has 0 unspecified atom stereocenters. The van der Waals surface area contributed by atoms with E-state index in [1.54, 1.807) is 13.8 Å². The van der Waals surface area contributed by atoms with Crippen molar-refractivity contribution in [3.05, 3.63) is 59.7 Å². The van der Waals surface area contributed by atoms with Gasteiger partial charge in [-0.1, -0.05) is 12.1 Å². The van der Waals surface area contributed by atoms with Crippen LogP contribution in [0, 0.1) is 11.6 Å². The summed E-state index contributed by atoms with van der Waals surface area (Å²) in [6.07, 6.45) is -0.0567. The predicted molar refractivity (Wildman–Crippen MR) is 87.5 cm³/mol. The van der Waals surface area contributed by atoms with Crippen LogP contribution in [0.4, 0.5) is 14.5 Å². The molecule has 1 N–H and O–H groups in total. The Morgan fingerprint density at radius 3 is 2.25 bits per heavy atom. The lowest BCUT2D eigenvalue weighted by Crippen LogP contribution is -2.16. The van der Waals surface area contributed by atoms with Crippen molar-refractivity contribution >= 4 is 21.4 Å². The Hall–Kier alpha value is -2.28. The predicted octanol–water partition coefficient (Wildman–Crippen LogP) is 3.33. The summed E-state index contributed by atoms with van der Waals surface area (Å²) >= 11 is 0. The Morgan fingerprint density at radius 2 is 1.71 bits per heavy atom. The molecule has 0 aromatic heterocycles. The minimum Gasteiger partial charge on any atom is -0.323 e. The lowest BCUT2D eigenvalue weighted by molar-refractivity contribution is -0.115. The van der Waals surface area contributed by atoms with Gasteiger partial charge in [0.2, 0.25) is 5.91 Å². The molecule has 0 saturated carbocycles. The second-order valence-corrected chi connectivity index (χ2v) is 8.09. The van der Waals surface area contributed by atoms with Crippen molar-refractivity contribution in [3.8, 4) is 0 Å². The van der Waals surface area contributed by atoms with Gasteiger partial charge in [0, 0.05) is 6.07 Å². The number of hydrogen-bond acceptors (Lipinski definition) is 3. The molecule has 2 aromatic rings. The van der Waals surface area contributed by atoms with Gasteiger partial charge in [0.05, 0.1) is 22.3 Å². The first-order valence-electron chi connectivity index (χ1n) is 7.28.